The molecule has 5 rings (SSSR count). The van der Waals surface area contributed by atoms with Gasteiger partial charge in [-0.1, -0.05) is 6.07 Å². The maximum atomic E-state index is 12.9. The smallest absolute Gasteiger partial charge is 0.264 e. The van der Waals surface area contributed by atoms with Gasteiger partial charge in [-0.05, 0) is 55.7 Å². The van der Waals surface area contributed by atoms with Crippen molar-refractivity contribution in [3.8, 4) is 0 Å². The third-order valence-corrected chi connectivity index (χ3v) is 7.14. The third-order valence-electron chi connectivity index (χ3n) is 7.14. The lowest BCUT2D eigenvalue weighted by molar-refractivity contribution is -0.750. The number of hydrogen-bond acceptors (Lipinski definition) is 7. The maximum absolute atomic E-state index is 12.9. The van der Waals surface area contributed by atoms with E-state index >= 15 is 0 Å². The number of piperidine rings is 1. The van der Waals surface area contributed by atoms with Crippen molar-refractivity contribution in [1.29, 1.82) is 0 Å². The number of pyridine rings is 1. The van der Waals surface area contributed by atoms with Crippen LogP contribution < -0.4 is 11.2 Å². The van der Waals surface area contributed by atoms with Gasteiger partial charge in [-0.25, -0.2) is 4.98 Å². The van der Waals surface area contributed by atoms with Gasteiger partial charge in [0.25, 0.3) is 11.7 Å². The fourth-order valence-corrected chi connectivity index (χ4v) is 5.16. The molecule has 4 heterocycles. The second-order valence-corrected chi connectivity index (χ2v) is 9.68. The van der Waals surface area contributed by atoms with Gasteiger partial charge in [0.05, 0.1) is 31.0 Å². The number of nitrogens with one attached hydrogen (secondary N) is 1. The lowest BCUT2D eigenvalue weighted by Gasteiger charge is -2.33. The molecule has 0 bridgehead atoms. The molecule has 1 fully saturated rings. The van der Waals surface area contributed by atoms with Crippen molar-refractivity contribution in [2.24, 2.45) is 21.7 Å². The summed E-state index contributed by atoms with van der Waals surface area (Å²) in [5.41, 5.74) is 3.81. The predicted molar refractivity (Wildman–Crippen MR) is 145 cm³/mol. The lowest BCUT2D eigenvalue weighted by atomic mass is 9.93. The number of allylic oxidation sites excluding steroid dienone is 1. The number of hydrogen-bond donors (Lipinski definition) is 2. The molecule has 1 aromatic heterocycles. The number of amidine groups is 1. The lowest BCUT2D eigenvalue weighted by Crippen LogP contribution is -2.53. The van der Waals surface area contributed by atoms with E-state index in [4.69, 9.17) is 15.6 Å². The number of aryl methyl sites for hydroxylation is 1. The second kappa shape index (κ2) is 10.8. The van der Waals surface area contributed by atoms with Gasteiger partial charge in [-0.2, -0.15) is 10.8 Å². The van der Waals surface area contributed by atoms with E-state index in [1.807, 2.05) is 36.2 Å². The summed E-state index contributed by atoms with van der Waals surface area (Å²) < 4.78 is 4.98. The number of aliphatic imine (C=N–C) groups is 2. The molecule has 196 valence electrons. The van der Waals surface area contributed by atoms with Crippen molar-refractivity contribution >= 4 is 29.7 Å². The van der Waals surface area contributed by atoms with Crippen LogP contribution in [0.15, 0.2) is 76.4 Å². The summed E-state index contributed by atoms with van der Waals surface area (Å²) in [7, 11) is 1.60. The number of nitrogens with zero attached hydrogens (tertiary/aromatic N) is 5. The zero-order valence-electron chi connectivity index (χ0n) is 21.6. The van der Waals surface area contributed by atoms with Crippen LogP contribution in [-0.4, -0.2) is 65.1 Å². The minimum atomic E-state index is -0.234. The summed E-state index contributed by atoms with van der Waals surface area (Å²) in [6, 6.07) is 10.9. The zero-order chi connectivity index (χ0) is 26.7. The zero-order valence-corrected chi connectivity index (χ0v) is 21.6. The van der Waals surface area contributed by atoms with E-state index in [0.29, 0.717) is 36.8 Å². The molecular weight excluding hydrogens is 482 g/mol. The number of rotatable bonds is 7. The third kappa shape index (κ3) is 4.93. The number of likely N-dealkylation sites (tertiary alicyclic amines) is 1. The van der Waals surface area contributed by atoms with Crippen molar-refractivity contribution in [3.05, 3.63) is 83.1 Å². The first-order valence-corrected chi connectivity index (χ1v) is 12.7. The van der Waals surface area contributed by atoms with Crippen LogP contribution in [-0.2, 0) is 9.53 Å². The van der Waals surface area contributed by atoms with Gasteiger partial charge >= 0.3 is 0 Å². The van der Waals surface area contributed by atoms with Gasteiger partial charge in [-0.15, -0.1) is 4.59 Å². The highest BCUT2D eigenvalue weighted by Gasteiger charge is 2.46. The number of amides is 2. The van der Waals surface area contributed by atoms with Crippen molar-refractivity contribution < 1.29 is 18.9 Å². The highest BCUT2D eigenvalue weighted by Crippen LogP contribution is 2.37. The summed E-state index contributed by atoms with van der Waals surface area (Å²) >= 11 is 0. The molecular formula is C28H32N7O3+. The van der Waals surface area contributed by atoms with E-state index in [1.165, 1.54) is 0 Å². The molecule has 10 nitrogen and oxygen atoms in total. The molecule has 38 heavy (non-hydrogen) atoms. The minimum absolute atomic E-state index is 0.0475. The molecule has 1 saturated heterocycles. The second-order valence-electron chi connectivity index (χ2n) is 9.68. The topological polar surface area (TPSA) is 122 Å². The van der Waals surface area contributed by atoms with Crippen LogP contribution in [0.3, 0.4) is 0 Å². The number of carbonyl (C=O) groups is 2. The number of methoxy groups -OCH3 is 1. The molecule has 3 aliphatic rings. The van der Waals surface area contributed by atoms with Gasteiger partial charge < -0.3 is 15.0 Å². The molecule has 0 spiro atoms. The molecule has 0 saturated carbocycles. The van der Waals surface area contributed by atoms with Crippen LogP contribution in [0.5, 0.6) is 0 Å². The van der Waals surface area contributed by atoms with Crippen LogP contribution in [0.25, 0.3) is 0 Å². The fourth-order valence-electron chi connectivity index (χ4n) is 5.16. The maximum Gasteiger partial charge on any atom is 0.264 e. The fraction of sp³-hybridized carbons (Fsp3) is 0.321. The van der Waals surface area contributed by atoms with Gasteiger partial charge in [0.15, 0.2) is 0 Å². The van der Waals surface area contributed by atoms with Gasteiger partial charge in [-0.3, -0.25) is 14.6 Å². The minimum Gasteiger partial charge on any atom is -0.384 e. The normalized spacial score (nSPS) is 22.3. The Hall–Kier alpha value is -3.99. The molecule has 1 aromatic carbocycles. The van der Waals surface area contributed by atoms with E-state index in [1.54, 1.807) is 43.9 Å². The molecule has 2 amide bonds. The first-order chi connectivity index (χ1) is 18.4. The summed E-state index contributed by atoms with van der Waals surface area (Å²) in [5.74, 6) is 7.98. The number of anilines is 1. The summed E-state index contributed by atoms with van der Waals surface area (Å²) in [6.07, 6.45) is 9.04. The van der Waals surface area contributed by atoms with E-state index in [2.05, 4.69) is 15.3 Å². The molecule has 10 heteroatoms. The van der Waals surface area contributed by atoms with E-state index in [9.17, 15) is 9.59 Å². The Morgan fingerprint density at radius 1 is 1.26 bits per heavy atom. The largest absolute Gasteiger partial charge is 0.384 e. The standard InChI is InChI=1S/C28H31N7O3/c1-19-16-20(8-9-22(19)28(37)32-24-7-3-4-11-31-24)27-33-26(23-17-30-12-14-35(23,27)29)21-6-5-13-34(18-21)25(36)10-15-38-2/h3-4,7-9,11-12,14,16-17,21H,5-6,10,13,15,18,29H2,1-2H3/p+1. The summed E-state index contributed by atoms with van der Waals surface area (Å²) in [6.45, 7) is 3.61. The Balaban J connectivity index is 1.42. The van der Waals surface area contributed by atoms with Crippen molar-refractivity contribution in [2.75, 3.05) is 32.1 Å². The number of fused-ring (bicyclic) bond motifs is 1. The summed E-state index contributed by atoms with van der Waals surface area (Å²) in [5, 5.41) is 2.83. The predicted octanol–water partition coefficient (Wildman–Crippen LogP) is 3.14. The Morgan fingerprint density at radius 3 is 2.89 bits per heavy atom. The Kier molecular flexibility index (Phi) is 7.28. The number of carbonyl (C=O) groups excluding carboxylic acids is 2. The van der Waals surface area contributed by atoms with Crippen LogP contribution in [0.4, 0.5) is 5.82 Å². The Labute approximate surface area is 221 Å². The van der Waals surface area contributed by atoms with Crippen LogP contribution in [0.2, 0.25) is 0 Å². The molecule has 2 atom stereocenters. The first-order valence-electron chi connectivity index (χ1n) is 12.7. The molecule has 0 radical (unpaired) electrons. The first kappa shape index (κ1) is 25.7. The highest BCUT2D eigenvalue weighted by atomic mass is 16.5. The van der Waals surface area contributed by atoms with Gasteiger partial charge in [0.1, 0.15) is 17.7 Å². The number of benzene rings is 1. The van der Waals surface area contributed by atoms with Crippen molar-refractivity contribution in [2.45, 2.75) is 26.2 Å². The SMILES string of the molecule is COCCC(=O)N1CCCC(C2=C3C=NC=C[N+]3(N)C(c3ccc(C(=O)Nc4ccccn4)c(C)c3)=N2)C1. The quantitative estimate of drug-likeness (QED) is 0.434. The van der Waals surface area contributed by atoms with Gasteiger partial charge in [0.2, 0.25) is 11.6 Å². The number of quaternary nitrogens is 1. The molecule has 3 aliphatic heterocycles. The van der Waals surface area contributed by atoms with E-state index in [0.717, 1.165) is 41.9 Å². The average molecular weight is 515 g/mol. The number of nitrogens with two attached hydrogens (primary N) is 1. The van der Waals surface area contributed by atoms with Crippen LogP contribution in [0, 0.1) is 12.8 Å². The molecule has 3 N–H and O–H groups in total. The number of aromatic nitrogens is 1. The Morgan fingerprint density at radius 2 is 2.13 bits per heavy atom. The molecule has 2 aromatic rings. The van der Waals surface area contributed by atoms with E-state index in [-0.39, 0.29) is 22.3 Å². The monoisotopic (exact) mass is 514 g/mol. The Bertz CT molecular complexity index is 1370. The molecule has 0 aliphatic carbocycles. The molecule has 2 unspecified atom stereocenters. The highest BCUT2D eigenvalue weighted by molar-refractivity contribution is 6.06. The van der Waals surface area contributed by atoms with Gasteiger partial charge in [0, 0.05) is 37.9 Å². The van der Waals surface area contributed by atoms with Crippen LogP contribution in [0.1, 0.15) is 40.7 Å². The van der Waals surface area contributed by atoms with E-state index < -0.39 is 0 Å². The van der Waals surface area contributed by atoms with Crippen LogP contribution >= 0.6 is 0 Å². The summed E-state index contributed by atoms with van der Waals surface area (Å²) in [4.78, 5) is 41.0. The number of ether oxygens (including phenoxy) is 1. The average Bonchev–Trinajstić information content (AvgIpc) is 3.25. The van der Waals surface area contributed by atoms with Crippen molar-refractivity contribution in [3.63, 3.8) is 0 Å². The van der Waals surface area contributed by atoms with Crippen molar-refractivity contribution in [1.82, 2.24) is 9.88 Å².